The highest BCUT2D eigenvalue weighted by atomic mass is 32.1. The third-order valence-electron chi connectivity index (χ3n) is 2.46. The quantitative estimate of drug-likeness (QED) is 0.818. The molecule has 1 amide bonds. The number of hydrogen-bond acceptors (Lipinski definition) is 6. The number of thiophene rings is 1. The van der Waals surface area contributed by atoms with Crippen LogP contribution in [0.1, 0.15) is 15.2 Å². The van der Waals surface area contributed by atoms with Crippen LogP contribution in [0.15, 0.2) is 0 Å². The van der Waals surface area contributed by atoms with Crippen LogP contribution in [0.5, 0.6) is 0 Å². The Kier molecular flexibility index (Phi) is 4.95. The van der Waals surface area contributed by atoms with Crippen molar-refractivity contribution in [1.29, 1.82) is 5.26 Å². The number of ether oxygens (including phenoxy) is 1. The summed E-state index contributed by atoms with van der Waals surface area (Å²) >= 11 is 1.21. The first kappa shape index (κ1) is 14.3. The zero-order chi connectivity index (χ0) is 13.7. The number of carbonyl (C=O) groups excluding carboxylic acids is 1. The molecule has 7 heteroatoms. The van der Waals surface area contributed by atoms with Gasteiger partial charge in [-0.15, -0.1) is 11.3 Å². The monoisotopic (exact) mass is 268 g/mol. The Morgan fingerprint density at radius 2 is 2.33 bits per heavy atom. The van der Waals surface area contributed by atoms with Crippen molar-refractivity contribution >= 4 is 27.9 Å². The summed E-state index contributed by atoms with van der Waals surface area (Å²) in [6.07, 6.45) is 0. The lowest BCUT2D eigenvalue weighted by molar-refractivity contribution is 0.0964. The molecule has 0 unspecified atom stereocenters. The van der Waals surface area contributed by atoms with Gasteiger partial charge in [0.25, 0.3) is 5.91 Å². The van der Waals surface area contributed by atoms with E-state index in [1.807, 2.05) is 18.0 Å². The first-order valence-corrected chi connectivity index (χ1v) is 6.13. The van der Waals surface area contributed by atoms with Gasteiger partial charge in [-0.2, -0.15) is 5.26 Å². The molecule has 0 radical (unpaired) electrons. The predicted octanol–water partition coefficient (Wildman–Crippen LogP) is 0.644. The van der Waals surface area contributed by atoms with Gasteiger partial charge in [0, 0.05) is 27.7 Å². The Morgan fingerprint density at radius 1 is 1.67 bits per heavy atom. The molecule has 0 aliphatic heterocycles. The molecule has 0 aliphatic rings. The van der Waals surface area contributed by atoms with Crippen LogP contribution < -0.4 is 16.0 Å². The molecule has 98 valence electrons. The smallest absolute Gasteiger partial charge is 0.256 e. The molecule has 3 N–H and O–H groups in total. The summed E-state index contributed by atoms with van der Waals surface area (Å²) < 4.78 is 4.99. The third-order valence-corrected chi connectivity index (χ3v) is 3.68. The van der Waals surface area contributed by atoms with E-state index in [0.717, 1.165) is 0 Å². The molecule has 0 saturated heterocycles. The number of amides is 1. The summed E-state index contributed by atoms with van der Waals surface area (Å²) in [7, 11) is 4.97. The van der Waals surface area contributed by atoms with Crippen molar-refractivity contribution in [2.75, 3.05) is 45.0 Å². The van der Waals surface area contributed by atoms with Gasteiger partial charge in [-0.1, -0.05) is 0 Å². The first-order chi connectivity index (χ1) is 8.56. The lowest BCUT2D eigenvalue weighted by atomic mass is 10.2. The minimum Gasteiger partial charge on any atom is -0.396 e. The number of methoxy groups -OCH3 is 1. The maximum Gasteiger partial charge on any atom is 0.256 e. The van der Waals surface area contributed by atoms with E-state index in [1.165, 1.54) is 18.4 Å². The van der Waals surface area contributed by atoms with Crippen LogP contribution in [-0.4, -0.2) is 40.3 Å². The second-order valence-corrected chi connectivity index (χ2v) is 4.63. The number of nitrogens with one attached hydrogen (secondary N) is 1. The van der Waals surface area contributed by atoms with Crippen LogP contribution in [0.25, 0.3) is 0 Å². The van der Waals surface area contributed by atoms with Crippen LogP contribution >= 0.6 is 11.3 Å². The summed E-state index contributed by atoms with van der Waals surface area (Å²) in [5, 5.41) is 12.2. The summed E-state index contributed by atoms with van der Waals surface area (Å²) in [6, 6.07) is 2.00. The van der Waals surface area contributed by atoms with E-state index < -0.39 is 0 Å². The highest BCUT2D eigenvalue weighted by Crippen LogP contribution is 2.37. The molecule has 0 aromatic carbocycles. The van der Waals surface area contributed by atoms with Crippen LogP contribution in [-0.2, 0) is 4.74 Å². The minimum absolute atomic E-state index is 0.237. The van der Waals surface area contributed by atoms with E-state index in [-0.39, 0.29) is 11.6 Å². The number of carbonyl (C=O) groups is 1. The van der Waals surface area contributed by atoms with Gasteiger partial charge in [0.2, 0.25) is 0 Å². The van der Waals surface area contributed by atoms with Crippen molar-refractivity contribution in [2.45, 2.75) is 0 Å². The van der Waals surface area contributed by atoms with Crippen molar-refractivity contribution in [3.05, 3.63) is 10.4 Å². The van der Waals surface area contributed by atoms with Gasteiger partial charge in [-0.05, 0) is 0 Å². The molecule has 0 saturated carbocycles. The van der Waals surface area contributed by atoms with Gasteiger partial charge < -0.3 is 20.7 Å². The van der Waals surface area contributed by atoms with Crippen molar-refractivity contribution < 1.29 is 9.53 Å². The highest BCUT2D eigenvalue weighted by Gasteiger charge is 2.23. The maximum atomic E-state index is 11.8. The lowest BCUT2D eigenvalue weighted by Crippen LogP contribution is -2.26. The first-order valence-electron chi connectivity index (χ1n) is 5.31. The second kappa shape index (κ2) is 6.23. The van der Waals surface area contributed by atoms with E-state index in [1.54, 1.807) is 7.11 Å². The number of nitrogens with zero attached hydrogens (tertiary/aromatic N) is 2. The van der Waals surface area contributed by atoms with E-state index in [0.29, 0.717) is 28.6 Å². The Morgan fingerprint density at radius 3 is 2.83 bits per heavy atom. The molecule has 1 aromatic heterocycles. The number of rotatable bonds is 5. The molecule has 6 nitrogen and oxygen atoms in total. The molecule has 0 atom stereocenters. The van der Waals surface area contributed by atoms with Crippen LogP contribution in [0, 0.1) is 11.3 Å². The fourth-order valence-corrected chi connectivity index (χ4v) is 2.46. The number of anilines is 2. The normalized spacial score (nSPS) is 9.89. The second-order valence-electron chi connectivity index (χ2n) is 3.63. The number of nitrogens with two attached hydrogens (primary N) is 1. The van der Waals surface area contributed by atoms with Gasteiger partial charge in [0.05, 0.1) is 17.9 Å². The van der Waals surface area contributed by atoms with E-state index in [9.17, 15) is 4.79 Å². The zero-order valence-electron chi connectivity index (χ0n) is 10.6. The van der Waals surface area contributed by atoms with Gasteiger partial charge in [-0.25, -0.2) is 0 Å². The standard InChI is InChI=1S/C11H16N4O2S/c1-14-10(16)8-9(13)7(6-12)18-11(8)15(2)4-5-17-3/h4-5,13H2,1-3H3,(H,14,16). The molecular formula is C11H16N4O2S. The molecule has 0 spiro atoms. The molecule has 0 bridgehead atoms. The molecular weight excluding hydrogens is 252 g/mol. The van der Waals surface area contributed by atoms with Crippen molar-refractivity contribution in [2.24, 2.45) is 0 Å². The molecule has 0 aliphatic carbocycles. The average molecular weight is 268 g/mol. The van der Waals surface area contributed by atoms with Crippen molar-refractivity contribution in [3.63, 3.8) is 0 Å². The fraction of sp³-hybridized carbons (Fsp3) is 0.455. The number of likely N-dealkylation sites (N-methyl/N-ethyl adjacent to an activating group) is 1. The minimum atomic E-state index is -0.287. The molecule has 0 fully saturated rings. The predicted molar refractivity (Wildman–Crippen MR) is 72.0 cm³/mol. The molecule has 1 rings (SSSR count). The van der Waals surface area contributed by atoms with Crippen LogP contribution in [0.2, 0.25) is 0 Å². The van der Waals surface area contributed by atoms with Gasteiger partial charge in [0.1, 0.15) is 15.9 Å². The summed E-state index contributed by atoms with van der Waals surface area (Å²) in [6.45, 7) is 1.15. The van der Waals surface area contributed by atoms with Gasteiger partial charge in [-0.3, -0.25) is 4.79 Å². The Hall–Kier alpha value is -1.78. The lowest BCUT2D eigenvalue weighted by Gasteiger charge is -2.18. The van der Waals surface area contributed by atoms with E-state index in [2.05, 4.69) is 5.32 Å². The Balaban J connectivity index is 3.17. The Bertz CT molecular complexity index is 478. The van der Waals surface area contributed by atoms with Gasteiger partial charge in [0.15, 0.2) is 0 Å². The van der Waals surface area contributed by atoms with Crippen molar-refractivity contribution in [1.82, 2.24) is 5.32 Å². The average Bonchev–Trinajstić information content (AvgIpc) is 2.72. The van der Waals surface area contributed by atoms with E-state index in [4.69, 9.17) is 15.7 Å². The van der Waals surface area contributed by atoms with Gasteiger partial charge >= 0.3 is 0 Å². The number of nitriles is 1. The van der Waals surface area contributed by atoms with Crippen molar-refractivity contribution in [3.8, 4) is 6.07 Å². The zero-order valence-corrected chi connectivity index (χ0v) is 11.4. The van der Waals surface area contributed by atoms with Crippen LogP contribution in [0.4, 0.5) is 10.7 Å². The maximum absolute atomic E-state index is 11.8. The summed E-state index contributed by atoms with van der Waals surface area (Å²) in [4.78, 5) is 14.0. The highest BCUT2D eigenvalue weighted by molar-refractivity contribution is 7.17. The SMILES string of the molecule is CNC(=O)c1c(N(C)CCOC)sc(C#N)c1N. The number of nitrogen functional groups attached to an aromatic ring is 1. The topological polar surface area (TPSA) is 91.4 Å². The summed E-state index contributed by atoms with van der Waals surface area (Å²) in [5.41, 5.74) is 6.42. The van der Waals surface area contributed by atoms with E-state index >= 15 is 0 Å². The Labute approximate surface area is 110 Å². The molecule has 18 heavy (non-hydrogen) atoms. The largest absolute Gasteiger partial charge is 0.396 e. The molecule has 1 heterocycles. The molecule has 1 aromatic rings. The fourth-order valence-electron chi connectivity index (χ4n) is 1.46. The third kappa shape index (κ3) is 2.72. The number of hydrogen-bond donors (Lipinski definition) is 2. The van der Waals surface area contributed by atoms with Crippen LogP contribution in [0.3, 0.4) is 0 Å². The summed E-state index contributed by atoms with van der Waals surface area (Å²) in [5.74, 6) is -0.287.